The summed E-state index contributed by atoms with van der Waals surface area (Å²) in [6.45, 7) is 7.99. The molecule has 2 aliphatic heterocycles. The minimum atomic E-state index is -0.0547. The van der Waals surface area contributed by atoms with Crippen molar-refractivity contribution in [3.05, 3.63) is 47.8 Å². The predicted octanol–water partition coefficient (Wildman–Crippen LogP) is 2.47. The van der Waals surface area contributed by atoms with Crippen LogP contribution in [0.5, 0.6) is 0 Å². The van der Waals surface area contributed by atoms with E-state index < -0.39 is 0 Å². The van der Waals surface area contributed by atoms with Crippen LogP contribution in [0.3, 0.4) is 0 Å². The van der Waals surface area contributed by atoms with Crippen molar-refractivity contribution >= 4 is 17.5 Å². The van der Waals surface area contributed by atoms with Gasteiger partial charge in [0.1, 0.15) is 0 Å². The van der Waals surface area contributed by atoms with Gasteiger partial charge in [-0.05, 0) is 43.5 Å². The highest BCUT2D eigenvalue weighted by molar-refractivity contribution is 5.93. The van der Waals surface area contributed by atoms with E-state index in [4.69, 9.17) is 4.74 Å². The van der Waals surface area contributed by atoms with Gasteiger partial charge in [-0.15, -0.1) is 0 Å². The van der Waals surface area contributed by atoms with Crippen LogP contribution in [0.15, 0.2) is 36.5 Å². The van der Waals surface area contributed by atoms with E-state index >= 15 is 0 Å². The average molecular weight is 396 g/mol. The monoisotopic (exact) mass is 395 g/mol. The van der Waals surface area contributed by atoms with Gasteiger partial charge in [-0.2, -0.15) is 0 Å². The molecule has 0 bridgehead atoms. The van der Waals surface area contributed by atoms with Crippen molar-refractivity contribution in [1.29, 1.82) is 0 Å². The van der Waals surface area contributed by atoms with Crippen LogP contribution in [-0.4, -0.2) is 60.2 Å². The molecule has 29 heavy (non-hydrogen) atoms. The van der Waals surface area contributed by atoms with Crippen molar-refractivity contribution in [3.63, 3.8) is 0 Å². The molecule has 2 aliphatic rings. The number of nitrogens with one attached hydrogen (secondary N) is 1. The van der Waals surface area contributed by atoms with Crippen molar-refractivity contribution in [2.24, 2.45) is 5.92 Å². The summed E-state index contributed by atoms with van der Waals surface area (Å²) in [7, 11) is 0. The normalized spacial score (nSPS) is 20.4. The highest BCUT2D eigenvalue weighted by atomic mass is 16.5. The lowest BCUT2D eigenvalue weighted by molar-refractivity contribution is -0.120. The van der Waals surface area contributed by atoms with Crippen LogP contribution in [0.2, 0.25) is 0 Å². The Morgan fingerprint density at radius 1 is 1.17 bits per heavy atom. The third-order valence-electron chi connectivity index (χ3n) is 5.59. The van der Waals surface area contributed by atoms with Crippen LogP contribution in [0.25, 0.3) is 0 Å². The highest BCUT2D eigenvalue weighted by Crippen LogP contribution is 2.22. The van der Waals surface area contributed by atoms with Crippen LogP contribution in [0.4, 0.5) is 11.6 Å². The summed E-state index contributed by atoms with van der Waals surface area (Å²) in [5, 5.41) is 3.09. The van der Waals surface area contributed by atoms with Gasteiger partial charge < -0.3 is 15.0 Å². The Bertz CT molecular complexity index is 820. The summed E-state index contributed by atoms with van der Waals surface area (Å²) in [6, 6.07) is 10.1. The van der Waals surface area contributed by atoms with Crippen LogP contribution < -0.4 is 10.2 Å². The number of nitrogens with zero attached hydrogens (tertiary/aromatic N) is 4. The summed E-state index contributed by atoms with van der Waals surface area (Å²) in [5.41, 5.74) is 3.05. The molecule has 1 N–H and O–H groups in total. The fraction of sp³-hybridized carbons (Fsp3) is 0.500. The number of morpholine rings is 1. The van der Waals surface area contributed by atoms with E-state index in [0.29, 0.717) is 6.54 Å². The summed E-state index contributed by atoms with van der Waals surface area (Å²) in [6.07, 6.45) is 3.64. The number of benzene rings is 1. The van der Waals surface area contributed by atoms with E-state index in [9.17, 15) is 4.79 Å². The van der Waals surface area contributed by atoms with Crippen molar-refractivity contribution in [2.75, 3.05) is 49.6 Å². The Morgan fingerprint density at radius 3 is 2.72 bits per heavy atom. The minimum Gasteiger partial charge on any atom is -0.379 e. The molecule has 1 aromatic heterocycles. The molecule has 2 saturated heterocycles. The van der Waals surface area contributed by atoms with E-state index in [1.807, 2.05) is 25.1 Å². The van der Waals surface area contributed by atoms with Crippen molar-refractivity contribution in [1.82, 2.24) is 14.9 Å². The molecule has 0 aliphatic carbocycles. The molecule has 3 heterocycles. The molecule has 4 rings (SSSR count). The second-order valence-electron chi connectivity index (χ2n) is 7.86. The molecule has 0 unspecified atom stereocenters. The number of rotatable bonds is 5. The molecule has 1 aromatic carbocycles. The standard InChI is InChI=1S/C22H29N5O2/c1-17-8-9-23-22(24-17)27-10-2-3-19(16-27)21(28)25-20-6-4-18(5-7-20)15-26-11-13-29-14-12-26/h4-9,19H,2-3,10-16H2,1H3,(H,25,28)/t19-/m1/s1. The first kappa shape index (κ1) is 19.8. The van der Waals surface area contributed by atoms with Gasteiger partial charge in [0.15, 0.2) is 0 Å². The number of amides is 1. The van der Waals surface area contributed by atoms with E-state index in [0.717, 1.165) is 69.6 Å². The molecular formula is C22H29N5O2. The van der Waals surface area contributed by atoms with Gasteiger partial charge in [-0.3, -0.25) is 9.69 Å². The number of carbonyl (C=O) groups excluding carboxylic acids is 1. The molecule has 7 nitrogen and oxygen atoms in total. The number of hydrogen-bond donors (Lipinski definition) is 1. The van der Waals surface area contributed by atoms with Gasteiger partial charge in [0.2, 0.25) is 11.9 Å². The van der Waals surface area contributed by atoms with Gasteiger partial charge in [-0.25, -0.2) is 9.97 Å². The minimum absolute atomic E-state index is 0.0547. The molecule has 154 valence electrons. The van der Waals surface area contributed by atoms with Crippen LogP contribution in [-0.2, 0) is 16.1 Å². The Labute approximate surface area is 172 Å². The van der Waals surface area contributed by atoms with Gasteiger partial charge in [-0.1, -0.05) is 12.1 Å². The zero-order valence-corrected chi connectivity index (χ0v) is 17.0. The summed E-state index contributed by atoms with van der Waals surface area (Å²) in [4.78, 5) is 26.2. The lowest BCUT2D eigenvalue weighted by Gasteiger charge is -2.32. The van der Waals surface area contributed by atoms with Crippen molar-refractivity contribution in [2.45, 2.75) is 26.3 Å². The molecular weight excluding hydrogens is 366 g/mol. The molecule has 0 saturated carbocycles. The fourth-order valence-corrected chi connectivity index (χ4v) is 3.92. The average Bonchev–Trinajstić information content (AvgIpc) is 2.76. The van der Waals surface area contributed by atoms with E-state index in [-0.39, 0.29) is 11.8 Å². The van der Waals surface area contributed by atoms with E-state index in [2.05, 4.69) is 37.2 Å². The quantitative estimate of drug-likeness (QED) is 0.839. The molecule has 2 fully saturated rings. The number of carbonyl (C=O) groups is 1. The Balaban J connectivity index is 1.32. The molecule has 7 heteroatoms. The van der Waals surface area contributed by atoms with E-state index in [1.54, 1.807) is 6.20 Å². The third kappa shape index (κ3) is 5.31. The summed E-state index contributed by atoms with van der Waals surface area (Å²) >= 11 is 0. The second-order valence-corrected chi connectivity index (χ2v) is 7.86. The number of ether oxygens (including phenoxy) is 1. The first-order valence-electron chi connectivity index (χ1n) is 10.4. The first-order chi connectivity index (χ1) is 14.2. The number of anilines is 2. The van der Waals surface area contributed by atoms with E-state index in [1.165, 1.54) is 5.56 Å². The van der Waals surface area contributed by atoms with Crippen LogP contribution >= 0.6 is 0 Å². The highest BCUT2D eigenvalue weighted by Gasteiger charge is 2.27. The van der Waals surface area contributed by atoms with Crippen molar-refractivity contribution < 1.29 is 9.53 Å². The summed E-state index contributed by atoms with van der Waals surface area (Å²) in [5.74, 6) is 0.735. The smallest absolute Gasteiger partial charge is 0.229 e. The molecule has 1 atom stereocenters. The molecule has 0 spiro atoms. The largest absolute Gasteiger partial charge is 0.379 e. The van der Waals surface area contributed by atoms with Gasteiger partial charge in [0.05, 0.1) is 19.1 Å². The zero-order valence-electron chi connectivity index (χ0n) is 17.0. The Hall–Kier alpha value is -2.51. The van der Waals surface area contributed by atoms with Crippen LogP contribution in [0.1, 0.15) is 24.1 Å². The van der Waals surface area contributed by atoms with Crippen LogP contribution in [0, 0.1) is 12.8 Å². The van der Waals surface area contributed by atoms with Gasteiger partial charge in [0, 0.05) is 50.3 Å². The maximum atomic E-state index is 12.8. The Kier molecular flexibility index (Phi) is 6.36. The lowest BCUT2D eigenvalue weighted by Crippen LogP contribution is -2.41. The first-order valence-corrected chi connectivity index (χ1v) is 10.4. The topological polar surface area (TPSA) is 70.6 Å². The third-order valence-corrected chi connectivity index (χ3v) is 5.59. The maximum absolute atomic E-state index is 12.8. The number of piperidine rings is 1. The zero-order chi connectivity index (χ0) is 20.1. The summed E-state index contributed by atoms with van der Waals surface area (Å²) < 4.78 is 5.40. The van der Waals surface area contributed by atoms with Gasteiger partial charge >= 0.3 is 0 Å². The molecule has 2 aromatic rings. The lowest BCUT2D eigenvalue weighted by atomic mass is 9.97. The maximum Gasteiger partial charge on any atom is 0.229 e. The molecule has 0 radical (unpaired) electrons. The van der Waals surface area contributed by atoms with Gasteiger partial charge in [0.25, 0.3) is 0 Å². The van der Waals surface area contributed by atoms with Crippen molar-refractivity contribution in [3.8, 4) is 0 Å². The second kappa shape index (κ2) is 9.33. The molecule has 1 amide bonds. The Morgan fingerprint density at radius 2 is 1.97 bits per heavy atom. The number of aromatic nitrogens is 2. The number of aryl methyl sites for hydroxylation is 1. The number of hydrogen-bond acceptors (Lipinski definition) is 6. The fourth-order valence-electron chi connectivity index (χ4n) is 3.92. The predicted molar refractivity (Wildman–Crippen MR) is 113 cm³/mol. The SMILES string of the molecule is Cc1ccnc(N2CCC[C@@H](C(=O)Nc3ccc(CN4CCOCC4)cc3)C2)n1.